The number of carbonyl (C=O) groups excluding carboxylic acids is 2. The molecule has 3 heterocycles. The molecule has 0 aliphatic carbocycles. The summed E-state index contributed by atoms with van der Waals surface area (Å²) in [5.41, 5.74) is 3.87. The van der Waals surface area contributed by atoms with E-state index in [2.05, 4.69) is 15.4 Å². The van der Waals surface area contributed by atoms with E-state index >= 15 is 0 Å². The Hall–Kier alpha value is -2.52. The molecule has 142 valence electrons. The van der Waals surface area contributed by atoms with Crippen LogP contribution in [0.4, 0.5) is 5.69 Å². The minimum atomic E-state index is -0.911. The SMILES string of the molecule is Cc1nn(C)c(C)c1NC(=O)[C@@H](C)OC(=O)Cc1csc(-c2ccsc2)n1. The third-order valence-electron chi connectivity index (χ3n) is 4.08. The van der Waals surface area contributed by atoms with Gasteiger partial charge in [-0.1, -0.05) is 0 Å². The fourth-order valence-corrected chi connectivity index (χ4v) is 4.06. The van der Waals surface area contributed by atoms with Crippen LogP contribution in [0.25, 0.3) is 10.6 Å². The van der Waals surface area contributed by atoms with Gasteiger partial charge in [0.2, 0.25) is 0 Å². The molecular weight excluding hydrogens is 384 g/mol. The Morgan fingerprint density at radius 2 is 2.11 bits per heavy atom. The van der Waals surface area contributed by atoms with Gasteiger partial charge in [0.1, 0.15) is 5.01 Å². The first-order chi connectivity index (χ1) is 12.8. The summed E-state index contributed by atoms with van der Waals surface area (Å²) in [7, 11) is 1.81. The summed E-state index contributed by atoms with van der Waals surface area (Å²) >= 11 is 3.08. The van der Waals surface area contributed by atoms with Crippen LogP contribution < -0.4 is 5.32 Å². The molecule has 0 saturated carbocycles. The molecule has 0 radical (unpaired) electrons. The van der Waals surface area contributed by atoms with Crippen molar-refractivity contribution in [1.29, 1.82) is 0 Å². The largest absolute Gasteiger partial charge is 0.452 e. The van der Waals surface area contributed by atoms with Crippen molar-refractivity contribution in [3.63, 3.8) is 0 Å². The average molecular weight is 405 g/mol. The average Bonchev–Trinajstić information content (AvgIpc) is 3.33. The maximum Gasteiger partial charge on any atom is 0.312 e. The molecule has 1 amide bonds. The van der Waals surface area contributed by atoms with Gasteiger partial charge in [-0.05, 0) is 32.2 Å². The molecular formula is C18H20N4O3S2. The van der Waals surface area contributed by atoms with Crippen LogP contribution in [0.15, 0.2) is 22.2 Å². The van der Waals surface area contributed by atoms with Crippen LogP contribution in [0.5, 0.6) is 0 Å². The van der Waals surface area contributed by atoms with Crippen molar-refractivity contribution in [2.24, 2.45) is 7.05 Å². The highest BCUT2D eigenvalue weighted by Crippen LogP contribution is 2.26. The third-order valence-corrected chi connectivity index (χ3v) is 5.70. The Balaban J connectivity index is 1.56. The number of nitrogens with one attached hydrogen (secondary N) is 1. The zero-order chi connectivity index (χ0) is 19.6. The van der Waals surface area contributed by atoms with Crippen LogP contribution in [-0.2, 0) is 27.8 Å². The van der Waals surface area contributed by atoms with E-state index in [0.717, 1.165) is 16.3 Å². The number of thiophene rings is 1. The number of thiazole rings is 1. The van der Waals surface area contributed by atoms with Crippen LogP contribution in [0.3, 0.4) is 0 Å². The molecule has 7 nitrogen and oxygen atoms in total. The summed E-state index contributed by atoms with van der Waals surface area (Å²) in [6.07, 6.45) is -0.880. The van der Waals surface area contributed by atoms with Crippen molar-refractivity contribution in [1.82, 2.24) is 14.8 Å². The number of aromatic nitrogens is 3. The number of nitrogens with zero attached hydrogens (tertiary/aromatic N) is 3. The number of anilines is 1. The molecule has 0 spiro atoms. The van der Waals surface area contributed by atoms with Crippen molar-refractivity contribution in [3.8, 4) is 10.6 Å². The third kappa shape index (κ3) is 4.42. The van der Waals surface area contributed by atoms with E-state index in [1.165, 1.54) is 11.3 Å². The van der Waals surface area contributed by atoms with Crippen molar-refractivity contribution in [2.45, 2.75) is 33.3 Å². The number of hydrogen-bond acceptors (Lipinski definition) is 7. The molecule has 0 aliphatic rings. The predicted octanol–water partition coefficient (Wildman–Crippen LogP) is 3.33. The molecule has 1 N–H and O–H groups in total. The molecule has 3 aromatic rings. The second-order valence-electron chi connectivity index (χ2n) is 6.12. The smallest absolute Gasteiger partial charge is 0.312 e. The van der Waals surface area contributed by atoms with E-state index in [9.17, 15) is 9.59 Å². The first-order valence-corrected chi connectivity index (χ1v) is 10.1. The Kier molecular flexibility index (Phi) is 5.71. The molecule has 0 aliphatic heterocycles. The summed E-state index contributed by atoms with van der Waals surface area (Å²) in [5.74, 6) is -0.876. The molecule has 0 fully saturated rings. The molecule has 0 unspecified atom stereocenters. The fraction of sp³-hybridized carbons (Fsp3) is 0.333. The van der Waals surface area contributed by atoms with Crippen molar-refractivity contribution in [3.05, 3.63) is 39.3 Å². The topological polar surface area (TPSA) is 86.1 Å². The van der Waals surface area contributed by atoms with Crippen LogP contribution in [0.2, 0.25) is 0 Å². The van der Waals surface area contributed by atoms with Crippen molar-refractivity contribution < 1.29 is 14.3 Å². The molecule has 0 bridgehead atoms. The number of rotatable bonds is 6. The molecule has 3 aromatic heterocycles. The van der Waals surface area contributed by atoms with Gasteiger partial charge in [0.25, 0.3) is 5.91 Å². The predicted molar refractivity (Wildman–Crippen MR) is 106 cm³/mol. The zero-order valence-electron chi connectivity index (χ0n) is 15.5. The highest BCUT2D eigenvalue weighted by Gasteiger charge is 2.21. The van der Waals surface area contributed by atoms with Gasteiger partial charge in [0, 0.05) is 23.4 Å². The normalized spacial score (nSPS) is 12.0. The van der Waals surface area contributed by atoms with Gasteiger partial charge in [-0.25, -0.2) is 4.98 Å². The Morgan fingerprint density at radius 1 is 1.33 bits per heavy atom. The summed E-state index contributed by atoms with van der Waals surface area (Å²) in [5, 5.41) is 13.7. The molecule has 27 heavy (non-hydrogen) atoms. The molecule has 1 atom stereocenters. The quantitative estimate of drug-likeness (QED) is 0.637. The summed E-state index contributed by atoms with van der Waals surface area (Å²) in [6, 6.07) is 1.99. The minimum Gasteiger partial charge on any atom is -0.452 e. The monoisotopic (exact) mass is 404 g/mol. The molecule has 0 aromatic carbocycles. The van der Waals surface area contributed by atoms with Gasteiger partial charge < -0.3 is 10.1 Å². The molecule has 9 heteroatoms. The lowest BCUT2D eigenvalue weighted by molar-refractivity contribution is -0.152. The van der Waals surface area contributed by atoms with Crippen LogP contribution in [0.1, 0.15) is 24.0 Å². The van der Waals surface area contributed by atoms with Crippen molar-refractivity contribution >= 4 is 40.2 Å². The molecule has 3 rings (SSSR count). The van der Waals surface area contributed by atoms with Crippen LogP contribution in [0, 0.1) is 13.8 Å². The second-order valence-corrected chi connectivity index (χ2v) is 7.76. The first-order valence-electron chi connectivity index (χ1n) is 8.32. The van der Waals surface area contributed by atoms with E-state index in [-0.39, 0.29) is 12.3 Å². The molecule has 0 saturated heterocycles. The van der Waals surface area contributed by atoms with Gasteiger partial charge in [-0.3, -0.25) is 14.3 Å². The van der Waals surface area contributed by atoms with E-state index in [4.69, 9.17) is 4.74 Å². The standard InChI is InChI=1S/C18H20N4O3S2/c1-10-16(11(2)22(4)21-10)20-17(24)12(3)25-15(23)7-14-9-27-18(19-14)13-5-6-26-8-13/h5-6,8-9,12H,7H2,1-4H3,(H,20,24)/t12-/m1/s1. The number of amides is 1. The summed E-state index contributed by atoms with van der Waals surface area (Å²) in [4.78, 5) is 28.9. The lowest BCUT2D eigenvalue weighted by atomic mass is 10.3. The number of aryl methyl sites for hydroxylation is 2. The van der Waals surface area contributed by atoms with Gasteiger partial charge in [-0.15, -0.1) is 11.3 Å². The van der Waals surface area contributed by atoms with E-state index in [1.54, 1.807) is 30.0 Å². The van der Waals surface area contributed by atoms with E-state index in [1.807, 2.05) is 36.1 Å². The Bertz CT molecular complexity index is 960. The van der Waals surface area contributed by atoms with Gasteiger partial charge in [0.05, 0.1) is 29.2 Å². The minimum absolute atomic E-state index is 0.0310. The van der Waals surface area contributed by atoms with Crippen molar-refractivity contribution in [2.75, 3.05) is 5.32 Å². The highest BCUT2D eigenvalue weighted by atomic mass is 32.1. The van der Waals surface area contributed by atoms with Gasteiger partial charge in [-0.2, -0.15) is 16.4 Å². The summed E-state index contributed by atoms with van der Waals surface area (Å²) < 4.78 is 6.95. The van der Waals surface area contributed by atoms with Gasteiger partial charge >= 0.3 is 5.97 Å². The van der Waals surface area contributed by atoms with Crippen LogP contribution in [-0.4, -0.2) is 32.7 Å². The van der Waals surface area contributed by atoms with Crippen LogP contribution >= 0.6 is 22.7 Å². The first kappa shape index (κ1) is 19.2. The maximum atomic E-state index is 12.3. The lowest BCUT2D eigenvalue weighted by Crippen LogP contribution is -2.30. The second kappa shape index (κ2) is 8.01. The van der Waals surface area contributed by atoms with Gasteiger partial charge in [0.15, 0.2) is 6.10 Å². The number of esters is 1. The maximum absolute atomic E-state index is 12.3. The van der Waals surface area contributed by atoms with E-state index in [0.29, 0.717) is 17.1 Å². The zero-order valence-corrected chi connectivity index (χ0v) is 17.1. The number of hydrogen-bond donors (Lipinski definition) is 1. The van der Waals surface area contributed by atoms with E-state index < -0.39 is 12.1 Å². The summed E-state index contributed by atoms with van der Waals surface area (Å²) in [6.45, 7) is 5.22. The number of carbonyl (C=O) groups is 2. The fourth-order valence-electron chi connectivity index (χ4n) is 2.53. The lowest BCUT2D eigenvalue weighted by Gasteiger charge is -2.13. The highest BCUT2D eigenvalue weighted by molar-refractivity contribution is 7.14. The Labute approximate surface area is 165 Å². The number of ether oxygens (including phenoxy) is 1. The Morgan fingerprint density at radius 3 is 2.74 bits per heavy atom.